The number of nitrogens with zero attached hydrogens (tertiary/aromatic N) is 1. The molecule has 2 aliphatic rings. The first-order chi connectivity index (χ1) is 16.5. The highest BCUT2D eigenvalue weighted by Gasteiger charge is 2.66. The highest BCUT2D eigenvalue weighted by atomic mass is 16.5. The van der Waals surface area contributed by atoms with Crippen molar-refractivity contribution in [2.75, 3.05) is 12.4 Å². The summed E-state index contributed by atoms with van der Waals surface area (Å²) in [7, 11) is 1.56. The van der Waals surface area contributed by atoms with E-state index in [1.54, 1.807) is 50.4 Å². The number of nitrogens with one attached hydrogen (secondary N) is 1. The van der Waals surface area contributed by atoms with Crippen LogP contribution in [-0.4, -0.2) is 51.6 Å². The molecule has 0 saturated heterocycles. The predicted molar refractivity (Wildman–Crippen MR) is 131 cm³/mol. The van der Waals surface area contributed by atoms with Crippen molar-refractivity contribution in [3.63, 3.8) is 0 Å². The summed E-state index contributed by atoms with van der Waals surface area (Å²) in [4.78, 5) is 41.1. The maximum Gasteiger partial charge on any atom is 0.342 e. The zero-order valence-electron chi connectivity index (χ0n) is 20.6. The van der Waals surface area contributed by atoms with Crippen molar-refractivity contribution < 1.29 is 29.3 Å². The van der Waals surface area contributed by atoms with E-state index in [0.717, 1.165) is 18.4 Å². The second-order valence-corrected chi connectivity index (χ2v) is 9.83. The molecular formula is C27H32N2O6. The monoisotopic (exact) mass is 480 g/mol. The van der Waals surface area contributed by atoms with Gasteiger partial charge in [-0.1, -0.05) is 31.0 Å². The largest absolute Gasteiger partial charge is 0.497 e. The zero-order valence-corrected chi connectivity index (χ0v) is 20.6. The van der Waals surface area contributed by atoms with Gasteiger partial charge in [-0.3, -0.25) is 9.59 Å². The van der Waals surface area contributed by atoms with Gasteiger partial charge in [-0.2, -0.15) is 0 Å². The number of carbonyl (C=O) groups is 3. The minimum Gasteiger partial charge on any atom is -0.497 e. The molecule has 186 valence electrons. The third-order valence-electron chi connectivity index (χ3n) is 7.29. The maximum atomic E-state index is 13.9. The first kappa shape index (κ1) is 24.7. The summed E-state index contributed by atoms with van der Waals surface area (Å²) in [6, 6.07) is 9.95. The molecule has 1 spiro atoms. The molecule has 35 heavy (non-hydrogen) atoms. The van der Waals surface area contributed by atoms with Crippen LogP contribution in [0, 0.1) is 6.92 Å². The summed E-state index contributed by atoms with van der Waals surface area (Å²) in [5.74, 6) is -1.44. The summed E-state index contributed by atoms with van der Waals surface area (Å²) in [6.07, 6.45) is 2.29. The van der Waals surface area contributed by atoms with E-state index in [-0.39, 0.29) is 41.1 Å². The zero-order chi connectivity index (χ0) is 25.5. The lowest BCUT2D eigenvalue weighted by atomic mass is 9.66. The Kier molecular flexibility index (Phi) is 6.36. The van der Waals surface area contributed by atoms with E-state index in [0.29, 0.717) is 24.2 Å². The Labute approximate surface area is 204 Å². The molecule has 1 heterocycles. The van der Waals surface area contributed by atoms with Crippen molar-refractivity contribution in [3.05, 3.63) is 58.7 Å². The lowest BCUT2D eigenvalue weighted by Gasteiger charge is -2.55. The molecule has 0 radical (unpaired) electrons. The van der Waals surface area contributed by atoms with Gasteiger partial charge in [0.15, 0.2) is 0 Å². The van der Waals surface area contributed by atoms with Crippen LogP contribution in [0.2, 0.25) is 0 Å². The van der Waals surface area contributed by atoms with Crippen LogP contribution < -0.4 is 10.1 Å². The molecule has 8 nitrogen and oxygen atoms in total. The Morgan fingerprint density at radius 3 is 2.31 bits per heavy atom. The average molecular weight is 481 g/mol. The Morgan fingerprint density at radius 1 is 1.14 bits per heavy atom. The minimum absolute atomic E-state index is 0.0369. The summed E-state index contributed by atoms with van der Waals surface area (Å²) in [6.45, 7) is 5.39. The molecule has 0 aromatic heterocycles. The molecule has 1 aliphatic heterocycles. The number of carboxylic acids is 1. The minimum atomic E-state index is -2.29. The SMILES string of the molecule is COc1ccc(CC(=O)Nc2cc(C)cc3c2C(=O)N(C(C)C)C2(CCCC2)[C@]3(O)C(=O)O)cc1. The fourth-order valence-corrected chi connectivity index (χ4v) is 5.87. The highest BCUT2D eigenvalue weighted by molar-refractivity contribution is 6.09. The smallest absolute Gasteiger partial charge is 0.342 e. The van der Waals surface area contributed by atoms with Gasteiger partial charge in [-0.05, 0) is 62.9 Å². The van der Waals surface area contributed by atoms with Crippen molar-refractivity contribution in [2.24, 2.45) is 0 Å². The summed E-state index contributed by atoms with van der Waals surface area (Å²) < 4.78 is 5.15. The number of hydrogen-bond acceptors (Lipinski definition) is 5. The van der Waals surface area contributed by atoms with Gasteiger partial charge in [0.2, 0.25) is 11.5 Å². The number of aliphatic carboxylic acids is 1. The van der Waals surface area contributed by atoms with Crippen LogP contribution in [-0.2, 0) is 21.6 Å². The van der Waals surface area contributed by atoms with Crippen LogP contribution in [0.25, 0.3) is 0 Å². The molecule has 1 saturated carbocycles. The summed E-state index contributed by atoms with van der Waals surface area (Å²) in [5, 5.41) is 25.1. The van der Waals surface area contributed by atoms with Crippen LogP contribution in [0.3, 0.4) is 0 Å². The second-order valence-electron chi connectivity index (χ2n) is 9.83. The standard InChI is InChI=1S/C27H32N2O6/c1-16(2)29-24(31)23-20(27(34,25(32)33)26(29)11-5-6-12-26)13-17(3)14-21(23)28-22(30)15-18-7-9-19(35-4)10-8-18/h7-10,13-14,16,34H,5-6,11-12,15H2,1-4H3,(H,28,30)(H,32,33)/t27-/m1/s1. The van der Waals surface area contributed by atoms with Gasteiger partial charge in [0.1, 0.15) is 5.75 Å². The molecule has 8 heteroatoms. The number of methoxy groups -OCH3 is 1. The Morgan fingerprint density at radius 2 is 1.77 bits per heavy atom. The molecule has 4 rings (SSSR count). The number of amides is 2. The van der Waals surface area contributed by atoms with Crippen molar-refractivity contribution in [3.8, 4) is 5.75 Å². The average Bonchev–Trinajstić information content (AvgIpc) is 3.27. The fourth-order valence-electron chi connectivity index (χ4n) is 5.87. The number of anilines is 1. The molecule has 0 unspecified atom stereocenters. The number of rotatable bonds is 6. The predicted octanol–water partition coefficient (Wildman–Crippen LogP) is 3.63. The van der Waals surface area contributed by atoms with Gasteiger partial charge in [-0.25, -0.2) is 4.79 Å². The lowest BCUT2D eigenvalue weighted by Crippen LogP contribution is -2.70. The number of ether oxygens (including phenoxy) is 1. The highest BCUT2D eigenvalue weighted by Crippen LogP contribution is 2.54. The third-order valence-corrected chi connectivity index (χ3v) is 7.29. The first-order valence-electron chi connectivity index (χ1n) is 11.9. The molecule has 2 aromatic rings. The van der Waals surface area contributed by atoms with Crippen molar-refractivity contribution in [1.82, 2.24) is 4.90 Å². The quantitative estimate of drug-likeness (QED) is 0.581. The molecule has 1 aliphatic carbocycles. The topological polar surface area (TPSA) is 116 Å². The number of aliphatic hydroxyl groups is 1. The normalized spacial score (nSPS) is 20.7. The van der Waals surface area contributed by atoms with E-state index in [1.807, 2.05) is 13.8 Å². The van der Waals surface area contributed by atoms with Gasteiger partial charge in [0, 0.05) is 11.6 Å². The van der Waals surface area contributed by atoms with E-state index < -0.39 is 17.1 Å². The lowest BCUT2D eigenvalue weighted by molar-refractivity contribution is -0.183. The summed E-state index contributed by atoms with van der Waals surface area (Å²) in [5.41, 5.74) is -1.84. The number of carboxylic acid groups (broad SMARTS) is 1. The van der Waals surface area contributed by atoms with Crippen LogP contribution in [0.1, 0.15) is 66.6 Å². The maximum absolute atomic E-state index is 13.9. The van der Waals surface area contributed by atoms with Gasteiger partial charge >= 0.3 is 5.97 Å². The molecule has 1 fully saturated rings. The number of hydrogen-bond donors (Lipinski definition) is 3. The van der Waals surface area contributed by atoms with E-state index in [1.165, 1.54) is 4.90 Å². The van der Waals surface area contributed by atoms with Crippen molar-refractivity contribution in [1.29, 1.82) is 0 Å². The summed E-state index contributed by atoms with van der Waals surface area (Å²) >= 11 is 0. The van der Waals surface area contributed by atoms with Gasteiger partial charge < -0.3 is 25.2 Å². The fraction of sp³-hybridized carbons (Fsp3) is 0.444. The van der Waals surface area contributed by atoms with Crippen molar-refractivity contribution >= 4 is 23.5 Å². The molecule has 2 amide bonds. The molecule has 3 N–H and O–H groups in total. The van der Waals surface area contributed by atoms with E-state index in [9.17, 15) is 24.6 Å². The van der Waals surface area contributed by atoms with Crippen LogP contribution in [0.4, 0.5) is 5.69 Å². The molecule has 1 atom stereocenters. The molecule has 0 bridgehead atoms. The number of benzene rings is 2. The first-order valence-corrected chi connectivity index (χ1v) is 11.9. The van der Waals surface area contributed by atoms with E-state index in [2.05, 4.69) is 5.32 Å². The van der Waals surface area contributed by atoms with Gasteiger partial charge in [0.25, 0.3) is 5.91 Å². The Bertz CT molecular complexity index is 1170. The Balaban J connectivity index is 1.80. The second kappa shape index (κ2) is 9.00. The Hall–Kier alpha value is -3.39. The van der Waals surface area contributed by atoms with E-state index in [4.69, 9.17) is 4.74 Å². The molecule has 2 aromatic carbocycles. The number of fused-ring (bicyclic) bond motifs is 1. The number of aryl methyl sites for hydroxylation is 1. The van der Waals surface area contributed by atoms with Crippen LogP contribution >= 0.6 is 0 Å². The van der Waals surface area contributed by atoms with E-state index >= 15 is 0 Å². The third kappa shape index (κ3) is 3.86. The number of carbonyl (C=O) groups excluding carboxylic acids is 2. The van der Waals surface area contributed by atoms with Gasteiger partial charge in [0.05, 0.1) is 30.3 Å². The van der Waals surface area contributed by atoms with Crippen LogP contribution in [0.15, 0.2) is 36.4 Å². The molecular weight excluding hydrogens is 448 g/mol. The van der Waals surface area contributed by atoms with Gasteiger partial charge in [-0.15, -0.1) is 0 Å². The van der Waals surface area contributed by atoms with Crippen LogP contribution in [0.5, 0.6) is 5.75 Å². The van der Waals surface area contributed by atoms with Crippen molar-refractivity contribution in [2.45, 2.75) is 70.1 Å².